The van der Waals surface area contributed by atoms with Gasteiger partial charge in [-0.2, -0.15) is 0 Å². The number of rotatable bonds is 11. The van der Waals surface area contributed by atoms with Gasteiger partial charge in [-0.25, -0.2) is 0 Å². The maximum atomic E-state index is 12.5. The van der Waals surface area contributed by atoms with Crippen LogP contribution in [0.3, 0.4) is 0 Å². The fraction of sp³-hybridized carbons (Fsp3) is 0.960. The third kappa shape index (κ3) is 8.16. The molecule has 0 amide bonds. The molecule has 0 heterocycles. The number of carbonyl (C=O) groups excluding carboxylic acids is 1. The molecule has 0 aromatic carbocycles. The molecule has 0 aromatic rings. The Balaban J connectivity index is 1.62. The van der Waals surface area contributed by atoms with Crippen molar-refractivity contribution in [3.8, 4) is 0 Å². The van der Waals surface area contributed by atoms with Gasteiger partial charge < -0.3 is 4.74 Å². The highest BCUT2D eigenvalue weighted by atomic mass is 16.5. The van der Waals surface area contributed by atoms with E-state index in [0.717, 1.165) is 37.0 Å². The molecule has 2 fully saturated rings. The van der Waals surface area contributed by atoms with Crippen molar-refractivity contribution in [2.45, 2.75) is 130 Å². The molecular weight excluding hydrogens is 332 g/mol. The first kappa shape index (κ1) is 22.8. The second-order valence-electron chi connectivity index (χ2n) is 9.63. The maximum Gasteiger partial charge on any atom is 0.309 e. The van der Waals surface area contributed by atoms with Crippen LogP contribution in [0.4, 0.5) is 0 Å². The molecule has 2 saturated carbocycles. The van der Waals surface area contributed by atoms with Crippen LogP contribution in [0.25, 0.3) is 0 Å². The molecule has 0 spiro atoms. The van der Waals surface area contributed by atoms with Crippen LogP contribution in [0.15, 0.2) is 0 Å². The quantitative estimate of drug-likeness (QED) is 0.272. The van der Waals surface area contributed by atoms with E-state index >= 15 is 0 Å². The summed E-state index contributed by atoms with van der Waals surface area (Å²) in [4.78, 5) is 12.5. The first-order valence-corrected chi connectivity index (χ1v) is 12.3. The Kier molecular flexibility index (Phi) is 10.8. The van der Waals surface area contributed by atoms with Crippen LogP contribution in [0.5, 0.6) is 0 Å². The van der Waals surface area contributed by atoms with Crippen LogP contribution in [0, 0.1) is 23.7 Å². The Bertz CT molecular complexity index is 389. The average Bonchev–Trinajstić information content (AvgIpc) is 2.69. The summed E-state index contributed by atoms with van der Waals surface area (Å²) in [6.45, 7) is 6.59. The summed E-state index contributed by atoms with van der Waals surface area (Å²) in [5.41, 5.74) is 0. The molecule has 0 saturated heterocycles. The Hall–Kier alpha value is -0.530. The average molecular weight is 379 g/mol. The highest BCUT2D eigenvalue weighted by Gasteiger charge is 2.33. The van der Waals surface area contributed by atoms with Crippen molar-refractivity contribution >= 4 is 5.97 Å². The van der Waals surface area contributed by atoms with Gasteiger partial charge in [-0.15, -0.1) is 0 Å². The highest BCUT2D eigenvalue weighted by molar-refractivity contribution is 5.72. The largest absolute Gasteiger partial charge is 0.462 e. The standard InChI is InChI=1S/C25H46O2/c1-4-6-8-10-20(3)27-25(26)24-18-16-23(17-19-24)22-14-12-21(13-15-22)11-9-7-5-2/h20-24H,4-19H2,1-3H3. The van der Waals surface area contributed by atoms with Crippen molar-refractivity contribution in [2.24, 2.45) is 23.7 Å². The monoisotopic (exact) mass is 378 g/mol. The van der Waals surface area contributed by atoms with Crippen LogP contribution in [0.2, 0.25) is 0 Å². The lowest BCUT2D eigenvalue weighted by Gasteiger charge is -2.37. The van der Waals surface area contributed by atoms with Crippen molar-refractivity contribution in [1.82, 2.24) is 0 Å². The number of ether oxygens (including phenoxy) is 1. The van der Waals surface area contributed by atoms with Crippen molar-refractivity contribution in [3.63, 3.8) is 0 Å². The van der Waals surface area contributed by atoms with E-state index in [1.165, 1.54) is 83.5 Å². The van der Waals surface area contributed by atoms with Gasteiger partial charge in [-0.3, -0.25) is 4.79 Å². The fourth-order valence-corrected chi connectivity index (χ4v) is 5.49. The zero-order valence-corrected chi connectivity index (χ0v) is 18.5. The molecule has 1 unspecified atom stereocenters. The number of carbonyl (C=O) groups is 1. The van der Waals surface area contributed by atoms with Gasteiger partial charge in [0.05, 0.1) is 12.0 Å². The molecule has 27 heavy (non-hydrogen) atoms. The minimum atomic E-state index is 0.0945. The van der Waals surface area contributed by atoms with E-state index in [0.29, 0.717) is 0 Å². The highest BCUT2D eigenvalue weighted by Crippen LogP contribution is 2.42. The summed E-state index contributed by atoms with van der Waals surface area (Å²) in [6, 6.07) is 0. The SMILES string of the molecule is CCCCCC1CCC(C2CCC(C(=O)OC(C)CCCCC)CC2)CC1. The van der Waals surface area contributed by atoms with Gasteiger partial charge in [0.1, 0.15) is 0 Å². The second-order valence-corrected chi connectivity index (χ2v) is 9.63. The van der Waals surface area contributed by atoms with Gasteiger partial charge in [0.2, 0.25) is 0 Å². The molecule has 2 aliphatic carbocycles. The van der Waals surface area contributed by atoms with Crippen molar-refractivity contribution in [3.05, 3.63) is 0 Å². The van der Waals surface area contributed by atoms with Crippen LogP contribution >= 0.6 is 0 Å². The van der Waals surface area contributed by atoms with E-state index in [2.05, 4.69) is 20.8 Å². The smallest absolute Gasteiger partial charge is 0.309 e. The molecule has 0 bridgehead atoms. The maximum absolute atomic E-state index is 12.5. The minimum absolute atomic E-state index is 0.0945. The predicted molar refractivity (Wildman–Crippen MR) is 115 cm³/mol. The Morgan fingerprint density at radius 2 is 1.37 bits per heavy atom. The van der Waals surface area contributed by atoms with E-state index in [9.17, 15) is 4.79 Å². The number of esters is 1. The predicted octanol–water partition coefficient (Wildman–Crippen LogP) is 7.69. The lowest BCUT2D eigenvalue weighted by Crippen LogP contribution is -2.30. The van der Waals surface area contributed by atoms with E-state index < -0.39 is 0 Å². The summed E-state index contributed by atoms with van der Waals surface area (Å²) in [6.07, 6.45) is 20.9. The van der Waals surface area contributed by atoms with Gasteiger partial charge in [0, 0.05) is 0 Å². The summed E-state index contributed by atoms with van der Waals surface area (Å²) >= 11 is 0. The topological polar surface area (TPSA) is 26.3 Å². The van der Waals surface area contributed by atoms with E-state index in [-0.39, 0.29) is 18.0 Å². The first-order valence-electron chi connectivity index (χ1n) is 12.3. The number of unbranched alkanes of at least 4 members (excludes halogenated alkanes) is 4. The molecule has 0 N–H and O–H groups in total. The number of hydrogen-bond donors (Lipinski definition) is 0. The molecule has 2 nitrogen and oxygen atoms in total. The summed E-state index contributed by atoms with van der Waals surface area (Å²) in [5.74, 6) is 3.11. The van der Waals surface area contributed by atoms with E-state index in [4.69, 9.17) is 4.74 Å². The molecule has 2 rings (SSSR count). The molecule has 0 aliphatic heterocycles. The Morgan fingerprint density at radius 1 is 0.815 bits per heavy atom. The second kappa shape index (κ2) is 12.8. The fourth-order valence-electron chi connectivity index (χ4n) is 5.49. The molecule has 0 radical (unpaired) electrons. The van der Waals surface area contributed by atoms with Gasteiger partial charge in [0.25, 0.3) is 0 Å². The van der Waals surface area contributed by atoms with Crippen LogP contribution in [-0.2, 0) is 9.53 Å². The van der Waals surface area contributed by atoms with E-state index in [1.54, 1.807) is 0 Å². The van der Waals surface area contributed by atoms with Crippen molar-refractivity contribution < 1.29 is 9.53 Å². The van der Waals surface area contributed by atoms with Crippen molar-refractivity contribution in [2.75, 3.05) is 0 Å². The minimum Gasteiger partial charge on any atom is -0.462 e. The third-order valence-electron chi connectivity index (χ3n) is 7.41. The molecule has 2 aliphatic rings. The lowest BCUT2D eigenvalue weighted by atomic mass is 9.68. The zero-order valence-electron chi connectivity index (χ0n) is 18.5. The lowest BCUT2D eigenvalue weighted by molar-refractivity contribution is -0.155. The van der Waals surface area contributed by atoms with Crippen LogP contribution < -0.4 is 0 Å². The summed E-state index contributed by atoms with van der Waals surface area (Å²) in [7, 11) is 0. The molecule has 1 atom stereocenters. The normalized spacial score (nSPS) is 30.0. The zero-order chi connectivity index (χ0) is 19.5. The van der Waals surface area contributed by atoms with Gasteiger partial charge >= 0.3 is 5.97 Å². The van der Waals surface area contributed by atoms with Gasteiger partial charge in [-0.1, -0.05) is 65.2 Å². The molecule has 0 aromatic heterocycles. The van der Waals surface area contributed by atoms with Crippen LogP contribution in [0.1, 0.15) is 124 Å². The van der Waals surface area contributed by atoms with Gasteiger partial charge in [0.15, 0.2) is 0 Å². The Morgan fingerprint density at radius 3 is 1.96 bits per heavy atom. The van der Waals surface area contributed by atoms with E-state index in [1.807, 2.05) is 0 Å². The summed E-state index contributed by atoms with van der Waals surface area (Å²) < 4.78 is 5.74. The first-order chi connectivity index (χ1) is 13.1. The Labute approximate surface area is 169 Å². The molecule has 158 valence electrons. The van der Waals surface area contributed by atoms with Crippen molar-refractivity contribution in [1.29, 1.82) is 0 Å². The third-order valence-corrected chi connectivity index (χ3v) is 7.41. The van der Waals surface area contributed by atoms with Crippen LogP contribution in [-0.4, -0.2) is 12.1 Å². The number of hydrogen-bond acceptors (Lipinski definition) is 2. The summed E-state index contributed by atoms with van der Waals surface area (Å²) in [5, 5.41) is 0. The van der Waals surface area contributed by atoms with Gasteiger partial charge in [-0.05, 0) is 76.0 Å². The molecule has 2 heteroatoms. The molecular formula is C25H46O2.